The molecule has 0 bridgehead atoms. The average molecular weight is 449 g/mol. The molecule has 7 nitrogen and oxygen atoms in total. The van der Waals surface area contributed by atoms with Crippen LogP contribution in [0, 0.1) is 22.7 Å². The van der Waals surface area contributed by atoms with Crippen LogP contribution in [-0.4, -0.2) is 16.4 Å². The second-order valence-electron chi connectivity index (χ2n) is 9.55. The minimum atomic E-state index is -5.34. The normalized spacial score (nSPS) is 34.2. The van der Waals surface area contributed by atoms with Gasteiger partial charge in [0.25, 0.3) is 7.82 Å². The van der Waals surface area contributed by atoms with Crippen LogP contribution in [0.4, 0.5) is 0 Å². The van der Waals surface area contributed by atoms with E-state index in [1.54, 1.807) is 6.08 Å². The van der Waals surface area contributed by atoms with Gasteiger partial charge in [-0.2, -0.15) is 0 Å². The molecule has 2 unspecified atom stereocenters. The van der Waals surface area contributed by atoms with Crippen LogP contribution in [0.15, 0.2) is 23.8 Å². The molecule has 2 aliphatic carbocycles. The average Bonchev–Trinajstić information content (AvgIpc) is 2.50. The minimum absolute atomic E-state index is 0.249. The smallest absolute Gasteiger partial charge is 0.479 e. The highest BCUT2D eigenvalue weighted by atomic mass is 31.3. The second-order valence-corrected chi connectivity index (χ2v) is 12.3. The number of phosphoric acid groups is 2. The minimum Gasteiger partial charge on any atom is -0.756 e. The summed E-state index contributed by atoms with van der Waals surface area (Å²) in [5.74, 6) is 1.13. The monoisotopic (exact) mass is 449 g/mol. The third-order valence-electron chi connectivity index (χ3n) is 7.02. The Morgan fingerprint density at radius 2 is 1.97 bits per heavy atom. The molecule has 2 aliphatic rings. The van der Waals surface area contributed by atoms with Gasteiger partial charge >= 0.3 is 7.82 Å². The van der Waals surface area contributed by atoms with Crippen molar-refractivity contribution in [1.82, 2.24) is 0 Å². The molecule has 0 aliphatic heterocycles. The van der Waals surface area contributed by atoms with Crippen LogP contribution in [-0.2, 0) is 18.0 Å². The molecule has 0 amide bonds. The van der Waals surface area contributed by atoms with Gasteiger partial charge in [0.1, 0.15) is 0 Å². The highest BCUT2D eigenvalue weighted by molar-refractivity contribution is 7.60. The Balaban J connectivity index is 1.97. The summed E-state index contributed by atoms with van der Waals surface area (Å²) in [5.41, 5.74) is 2.90. The molecule has 0 saturated heterocycles. The molecule has 2 rings (SSSR count). The second kappa shape index (κ2) is 9.08. The van der Waals surface area contributed by atoms with Crippen molar-refractivity contribution in [1.29, 1.82) is 0 Å². The molecule has 2 saturated carbocycles. The fraction of sp³-hybridized carbons (Fsp3) is 0.800. The zero-order valence-corrected chi connectivity index (χ0v) is 19.7. The van der Waals surface area contributed by atoms with E-state index in [1.165, 1.54) is 31.3 Å². The summed E-state index contributed by atoms with van der Waals surface area (Å²) in [4.78, 5) is 28.4. The summed E-state index contributed by atoms with van der Waals surface area (Å²) < 4.78 is 30.3. The van der Waals surface area contributed by atoms with Crippen molar-refractivity contribution in [3.63, 3.8) is 0 Å². The molecule has 9 heteroatoms. The van der Waals surface area contributed by atoms with Crippen molar-refractivity contribution < 1.29 is 32.6 Å². The van der Waals surface area contributed by atoms with Gasteiger partial charge in [0.2, 0.25) is 0 Å². The van der Waals surface area contributed by atoms with Crippen LogP contribution in [0.1, 0.15) is 72.6 Å². The summed E-state index contributed by atoms with van der Waals surface area (Å²) in [7, 11) is -10.2. The Labute approximate surface area is 174 Å². The lowest BCUT2D eigenvalue weighted by atomic mass is 9.47. The van der Waals surface area contributed by atoms with Gasteiger partial charge in [-0.25, -0.2) is 8.88 Å². The first-order valence-electron chi connectivity index (χ1n) is 10.2. The van der Waals surface area contributed by atoms with Crippen molar-refractivity contribution in [3.8, 4) is 0 Å². The molecule has 0 aromatic carbocycles. The van der Waals surface area contributed by atoms with Gasteiger partial charge in [0.15, 0.2) is 0 Å². The van der Waals surface area contributed by atoms with E-state index in [-0.39, 0.29) is 12.0 Å². The maximum absolute atomic E-state index is 11.5. The number of rotatable bonds is 8. The lowest BCUT2D eigenvalue weighted by Gasteiger charge is -2.58. The van der Waals surface area contributed by atoms with Crippen LogP contribution in [0.5, 0.6) is 0 Å². The number of hydrogen-bond donors (Lipinski definition) is 2. The molecule has 2 fully saturated rings. The van der Waals surface area contributed by atoms with E-state index < -0.39 is 15.6 Å². The quantitative estimate of drug-likeness (QED) is 0.391. The first-order chi connectivity index (χ1) is 13.2. The van der Waals surface area contributed by atoms with Crippen LogP contribution >= 0.6 is 15.6 Å². The molecule has 168 valence electrons. The zero-order chi connectivity index (χ0) is 22.1. The SMILES string of the molecule is C=C1CC[C@@H]2C(C)(C)CCC[C@@]2(C)[C@@H]1CC/C(C)=C/COP(=O)(O)OP(=O)([O-])O. The van der Waals surface area contributed by atoms with Crippen molar-refractivity contribution in [2.75, 3.05) is 6.61 Å². The Hall–Kier alpha value is -0.260. The molecular weight excluding hydrogens is 414 g/mol. The van der Waals surface area contributed by atoms with Crippen molar-refractivity contribution in [3.05, 3.63) is 23.8 Å². The van der Waals surface area contributed by atoms with Crippen LogP contribution in [0.25, 0.3) is 0 Å². The Kier molecular flexibility index (Phi) is 7.83. The fourth-order valence-corrected chi connectivity index (χ4v) is 7.20. The molecule has 2 N–H and O–H groups in total. The molecule has 0 aromatic heterocycles. The summed E-state index contributed by atoms with van der Waals surface area (Å²) in [6.07, 6.45) is 9.41. The van der Waals surface area contributed by atoms with Gasteiger partial charge in [-0.05, 0) is 68.1 Å². The van der Waals surface area contributed by atoms with Gasteiger partial charge in [-0.1, -0.05) is 51.0 Å². The molecule has 5 atom stereocenters. The summed E-state index contributed by atoms with van der Waals surface area (Å²) in [5, 5.41) is 0. The maximum atomic E-state index is 11.5. The van der Waals surface area contributed by atoms with E-state index in [4.69, 9.17) is 4.89 Å². The van der Waals surface area contributed by atoms with E-state index in [0.717, 1.165) is 24.8 Å². The summed E-state index contributed by atoms with van der Waals surface area (Å²) >= 11 is 0. The highest BCUT2D eigenvalue weighted by Gasteiger charge is 2.52. The first-order valence-corrected chi connectivity index (χ1v) is 13.2. The van der Waals surface area contributed by atoms with E-state index in [9.17, 15) is 18.9 Å². The Morgan fingerprint density at radius 3 is 2.59 bits per heavy atom. The topological polar surface area (TPSA) is 116 Å². The number of hydrogen-bond acceptors (Lipinski definition) is 5. The number of phosphoric ester groups is 1. The lowest BCUT2D eigenvalue weighted by Crippen LogP contribution is -2.49. The van der Waals surface area contributed by atoms with E-state index in [0.29, 0.717) is 17.3 Å². The number of fused-ring (bicyclic) bond motifs is 1. The largest absolute Gasteiger partial charge is 0.756 e. The first kappa shape index (κ1) is 25.0. The maximum Gasteiger partial charge on any atom is 0.479 e. The van der Waals surface area contributed by atoms with Gasteiger partial charge in [0, 0.05) is 0 Å². The Morgan fingerprint density at radius 1 is 1.31 bits per heavy atom. The van der Waals surface area contributed by atoms with Gasteiger partial charge < -0.3 is 14.7 Å². The molecule has 0 spiro atoms. The molecule has 0 heterocycles. The number of allylic oxidation sites excluding steroid dienone is 2. The van der Waals surface area contributed by atoms with E-state index >= 15 is 0 Å². The van der Waals surface area contributed by atoms with Crippen molar-refractivity contribution in [2.24, 2.45) is 22.7 Å². The molecule has 29 heavy (non-hydrogen) atoms. The molecular formula is C20H35O7P2-. The fourth-order valence-electron chi connectivity index (χ4n) is 5.71. The van der Waals surface area contributed by atoms with Crippen molar-refractivity contribution in [2.45, 2.75) is 72.6 Å². The summed E-state index contributed by atoms with van der Waals surface area (Å²) in [6, 6.07) is 0. The predicted octanol–water partition coefficient (Wildman–Crippen LogP) is 5.11. The lowest BCUT2D eigenvalue weighted by molar-refractivity contribution is -0.212. The Bertz CT molecular complexity index is 739. The van der Waals surface area contributed by atoms with Gasteiger partial charge in [0.05, 0.1) is 6.61 Å². The third-order valence-corrected chi connectivity index (χ3v) is 9.15. The van der Waals surface area contributed by atoms with Crippen LogP contribution in [0.2, 0.25) is 0 Å². The molecule has 0 aromatic rings. The molecule has 0 radical (unpaired) electrons. The third kappa shape index (κ3) is 6.61. The zero-order valence-electron chi connectivity index (χ0n) is 17.9. The van der Waals surface area contributed by atoms with Crippen LogP contribution < -0.4 is 4.89 Å². The van der Waals surface area contributed by atoms with E-state index in [1.807, 2.05) is 6.92 Å². The standard InChI is InChI=1S/C20H36O7P2/c1-15(11-14-26-29(24,25)27-28(21,22)23)7-9-17-16(2)8-10-18-19(3,4)12-6-13-20(17,18)5/h11,17-18H,2,6-10,12-14H2,1,3-5H3,(H,24,25)(H2,21,22,23)/p-1/b15-11+/t17-,18-,20+/m1/s1. The highest BCUT2D eigenvalue weighted by Crippen LogP contribution is 2.61. The van der Waals surface area contributed by atoms with Gasteiger partial charge in [-0.3, -0.25) is 9.09 Å². The van der Waals surface area contributed by atoms with Crippen LogP contribution in [0.3, 0.4) is 0 Å². The summed E-state index contributed by atoms with van der Waals surface area (Å²) in [6.45, 7) is 13.2. The van der Waals surface area contributed by atoms with Gasteiger partial charge in [-0.15, -0.1) is 0 Å². The predicted molar refractivity (Wildman–Crippen MR) is 111 cm³/mol. The van der Waals surface area contributed by atoms with Crippen molar-refractivity contribution >= 4 is 15.6 Å². The van der Waals surface area contributed by atoms with E-state index in [2.05, 4.69) is 36.2 Å².